The number of nitrogens with zero attached hydrogens (tertiary/aromatic N) is 3. The van der Waals surface area contributed by atoms with E-state index < -0.39 is 0 Å². The molecule has 6 heteroatoms. The summed E-state index contributed by atoms with van der Waals surface area (Å²) in [4.78, 5) is 31.2. The lowest BCUT2D eigenvalue weighted by Gasteiger charge is -2.26. The molecular formula is C22H25N3O3. The zero-order valence-electron chi connectivity index (χ0n) is 16.5. The van der Waals surface area contributed by atoms with Crippen LogP contribution in [0, 0.1) is 0 Å². The number of hydrogen-bond donors (Lipinski definition) is 0. The van der Waals surface area contributed by atoms with Gasteiger partial charge >= 0.3 is 0 Å². The van der Waals surface area contributed by atoms with Gasteiger partial charge in [-0.2, -0.15) is 0 Å². The summed E-state index contributed by atoms with van der Waals surface area (Å²) in [5.41, 5.74) is 1.58. The van der Waals surface area contributed by atoms with Crippen LogP contribution in [0.5, 0.6) is 5.75 Å². The van der Waals surface area contributed by atoms with Crippen molar-refractivity contribution >= 4 is 16.8 Å². The molecule has 6 nitrogen and oxygen atoms in total. The maximum atomic E-state index is 12.6. The highest BCUT2D eigenvalue weighted by atomic mass is 16.5. The molecule has 0 saturated carbocycles. The van der Waals surface area contributed by atoms with Crippen molar-refractivity contribution in [1.82, 2.24) is 14.5 Å². The second-order valence-electron chi connectivity index (χ2n) is 6.79. The molecule has 0 aliphatic carbocycles. The second kappa shape index (κ2) is 8.69. The molecule has 0 saturated heterocycles. The molecule has 0 aliphatic rings. The van der Waals surface area contributed by atoms with E-state index in [2.05, 4.69) is 4.98 Å². The lowest BCUT2D eigenvalue weighted by molar-refractivity contribution is -0.132. The molecule has 1 amide bonds. The highest BCUT2D eigenvalue weighted by Crippen LogP contribution is 2.28. The molecule has 3 aromatic rings. The van der Waals surface area contributed by atoms with Crippen molar-refractivity contribution in [3.05, 3.63) is 70.8 Å². The minimum absolute atomic E-state index is 0.0280. The molecule has 0 unspecified atom stereocenters. The first-order valence-electron chi connectivity index (χ1n) is 9.35. The lowest BCUT2D eigenvalue weighted by Crippen LogP contribution is -2.30. The summed E-state index contributed by atoms with van der Waals surface area (Å²) in [6.45, 7) is 2.44. The first-order chi connectivity index (χ1) is 13.5. The summed E-state index contributed by atoms with van der Waals surface area (Å²) in [6.07, 6.45) is 2.48. The summed E-state index contributed by atoms with van der Waals surface area (Å²) >= 11 is 0. The molecule has 0 spiro atoms. The van der Waals surface area contributed by atoms with E-state index in [9.17, 15) is 9.59 Å². The molecule has 1 aromatic heterocycles. The van der Waals surface area contributed by atoms with Crippen molar-refractivity contribution in [2.45, 2.75) is 32.4 Å². The van der Waals surface area contributed by atoms with E-state index in [1.54, 1.807) is 36.0 Å². The van der Waals surface area contributed by atoms with Crippen LogP contribution in [0.4, 0.5) is 0 Å². The number of methoxy groups -OCH3 is 1. The molecule has 0 N–H and O–H groups in total. The highest BCUT2D eigenvalue weighted by molar-refractivity contribution is 5.77. The summed E-state index contributed by atoms with van der Waals surface area (Å²) in [6, 6.07) is 14.9. The van der Waals surface area contributed by atoms with Gasteiger partial charge in [0.05, 0.1) is 30.4 Å². The number of carbonyl (C=O) groups is 1. The third kappa shape index (κ3) is 4.06. The van der Waals surface area contributed by atoms with E-state index in [1.165, 1.54) is 0 Å². The summed E-state index contributed by atoms with van der Waals surface area (Å²) in [5.74, 6) is 0.795. The molecular weight excluding hydrogens is 354 g/mol. The van der Waals surface area contributed by atoms with Crippen LogP contribution in [0.2, 0.25) is 0 Å². The number of amides is 1. The van der Waals surface area contributed by atoms with Gasteiger partial charge in [-0.15, -0.1) is 0 Å². The number of hydrogen-bond acceptors (Lipinski definition) is 4. The molecule has 1 heterocycles. The van der Waals surface area contributed by atoms with Crippen molar-refractivity contribution in [3.8, 4) is 5.75 Å². The number of para-hydroxylation sites is 2. The van der Waals surface area contributed by atoms with Gasteiger partial charge in [0, 0.05) is 25.6 Å². The Morgan fingerprint density at radius 3 is 2.68 bits per heavy atom. The zero-order chi connectivity index (χ0) is 20.1. The van der Waals surface area contributed by atoms with Crippen LogP contribution in [0.1, 0.15) is 31.4 Å². The Morgan fingerprint density at radius 2 is 1.89 bits per heavy atom. The average molecular weight is 379 g/mol. The van der Waals surface area contributed by atoms with Crippen LogP contribution in [-0.4, -0.2) is 34.5 Å². The molecule has 0 fully saturated rings. The largest absolute Gasteiger partial charge is 0.496 e. The van der Waals surface area contributed by atoms with Crippen molar-refractivity contribution in [2.24, 2.45) is 0 Å². The van der Waals surface area contributed by atoms with Gasteiger partial charge in [0.15, 0.2) is 0 Å². The normalized spacial score (nSPS) is 12.0. The molecule has 146 valence electrons. The highest BCUT2D eigenvalue weighted by Gasteiger charge is 2.19. The zero-order valence-corrected chi connectivity index (χ0v) is 16.5. The standard InChI is InChI=1S/C22H25N3O3/c1-16(17-9-5-7-12-20(17)28-3)24(2)21(26)13-8-14-25-15-23-19-11-6-4-10-18(19)22(25)27/h4-7,9-12,15-16H,8,13-14H2,1-3H3/t16-/m0/s1. The Bertz CT molecular complexity index is 1030. The fourth-order valence-electron chi connectivity index (χ4n) is 3.28. The van der Waals surface area contributed by atoms with Crippen LogP contribution >= 0.6 is 0 Å². The molecule has 0 bridgehead atoms. The third-order valence-corrected chi connectivity index (χ3v) is 5.08. The van der Waals surface area contributed by atoms with Gasteiger partial charge in [0.2, 0.25) is 5.91 Å². The van der Waals surface area contributed by atoms with E-state index >= 15 is 0 Å². The summed E-state index contributed by atoms with van der Waals surface area (Å²) < 4.78 is 6.97. The number of ether oxygens (including phenoxy) is 1. The van der Waals surface area contributed by atoms with Crippen LogP contribution in [0.3, 0.4) is 0 Å². The monoisotopic (exact) mass is 379 g/mol. The van der Waals surface area contributed by atoms with E-state index in [0.717, 1.165) is 11.3 Å². The van der Waals surface area contributed by atoms with Gasteiger partial charge in [-0.1, -0.05) is 30.3 Å². The predicted octanol–water partition coefficient (Wildman–Crippen LogP) is 3.40. The summed E-state index contributed by atoms with van der Waals surface area (Å²) in [7, 11) is 3.42. The number of aryl methyl sites for hydroxylation is 1. The SMILES string of the molecule is COc1ccccc1[C@H](C)N(C)C(=O)CCCn1cnc2ccccc2c1=O. The number of carbonyl (C=O) groups excluding carboxylic acids is 1. The van der Waals surface area contributed by atoms with Crippen molar-refractivity contribution in [2.75, 3.05) is 14.2 Å². The number of aromatic nitrogens is 2. The number of benzene rings is 2. The Labute approximate surface area is 164 Å². The van der Waals surface area contributed by atoms with Crippen molar-refractivity contribution < 1.29 is 9.53 Å². The summed E-state index contributed by atoms with van der Waals surface area (Å²) in [5, 5.41) is 0.596. The van der Waals surface area contributed by atoms with Crippen molar-refractivity contribution in [3.63, 3.8) is 0 Å². The quantitative estimate of drug-likeness (QED) is 0.631. The average Bonchev–Trinajstić information content (AvgIpc) is 2.74. The van der Waals surface area contributed by atoms with Gasteiger partial charge in [-0.3, -0.25) is 14.2 Å². The van der Waals surface area contributed by atoms with Crippen LogP contribution < -0.4 is 10.3 Å². The number of rotatable bonds is 7. The Kier molecular flexibility index (Phi) is 6.09. The predicted molar refractivity (Wildman–Crippen MR) is 109 cm³/mol. The van der Waals surface area contributed by atoms with E-state index in [0.29, 0.717) is 30.3 Å². The fourth-order valence-corrected chi connectivity index (χ4v) is 3.28. The van der Waals surface area contributed by atoms with Gasteiger partial charge in [-0.05, 0) is 31.5 Å². The third-order valence-electron chi connectivity index (χ3n) is 5.08. The number of fused-ring (bicyclic) bond motifs is 1. The molecule has 2 aromatic carbocycles. The lowest BCUT2D eigenvalue weighted by atomic mass is 10.1. The molecule has 0 radical (unpaired) electrons. The maximum Gasteiger partial charge on any atom is 0.261 e. The molecule has 1 atom stereocenters. The topological polar surface area (TPSA) is 64.4 Å². The maximum absolute atomic E-state index is 12.6. The van der Waals surface area contributed by atoms with E-state index in [1.807, 2.05) is 49.4 Å². The Morgan fingerprint density at radius 1 is 1.18 bits per heavy atom. The first-order valence-corrected chi connectivity index (χ1v) is 9.35. The first kappa shape index (κ1) is 19.6. The minimum Gasteiger partial charge on any atom is -0.496 e. The Balaban J connectivity index is 1.62. The van der Waals surface area contributed by atoms with Gasteiger partial charge in [-0.25, -0.2) is 4.98 Å². The minimum atomic E-state index is -0.103. The molecule has 0 aliphatic heterocycles. The van der Waals surface area contributed by atoms with E-state index in [-0.39, 0.29) is 17.5 Å². The molecule has 3 rings (SSSR count). The molecule has 28 heavy (non-hydrogen) atoms. The van der Waals surface area contributed by atoms with Crippen LogP contribution in [-0.2, 0) is 11.3 Å². The van der Waals surface area contributed by atoms with Gasteiger partial charge in [0.1, 0.15) is 5.75 Å². The van der Waals surface area contributed by atoms with Crippen LogP contribution in [0.25, 0.3) is 10.9 Å². The van der Waals surface area contributed by atoms with Gasteiger partial charge < -0.3 is 9.64 Å². The van der Waals surface area contributed by atoms with E-state index in [4.69, 9.17) is 4.74 Å². The fraction of sp³-hybridized carbons (Fsp3) is 0.318. The second-order valence-corrected chi connectivity index (χ2v) is 6.79. The van der Waals surface area contributed by atoms with Gasteiger partial charge in [0.25, 0.3) is 5.56 Å². The smallest absolute Gasteiger partial charge is 0.261 e. The van der Waals surface area contributed by atoms with Crippen LogP contribution in [0.15, 0.2) is 59.7 Å². The van der Waals surface area contributed by atoms with Crippen molar-refractivity contribution in [1.29, 1.82) is 0 Å². The Hall–Kier alpha value is -3.15.